The molecule has 3 rings (SSSR count). The number of hydrogen-bond donors (Lipinski definition) is 1. The fourth-order valence-corrected chi connectivity index (χ4v) is 3.17. The van der Waals surface area contributed by atoms with Crippen LogP contribution in [0.25, 0.3) is 0 Å². The van der Waals surface area contributed by atoms with Gasteiger partial charge in [-0.3, -0.25) is 0 Å². The number of allylic oxidation sites excluding steroid dienone is 2. The summed E-state index contributed by atoms with van der Waals surface area (Å²) in [6.45, 7) is 3.31. The largest absolute Gasteiger partial charge is 0.463 e. The molecule has 1 aromatic carbocycles. The van der Waals surface area contributed by atoms with Gasteiger partial charge in [-0.1, -0.05) is 18.2 Å². The molecule has 1 unspecified atom stereocenters. The number of ether oxygens (including phenoxy) is 3. The lowest BCUT2D eigenvalue weighted by Crippen LogP contribution is -2.25. The number of halogens is 3. The van der Waals surface area contributed by atoms with Crippen LogP contribution < -0.4 is 10.5 Å². The normalized spacial score (nSPS) is 16.3. The van der Waals surface area contributed by atoms with Crippen LogP contribution in [0.1, 0.15) is 31.0 Å². The van der Waals surface area contributed by atoms with Crippen molar-refractivity contribution in [3.05, 3.63) is 76.5 Å². The Labute approximate surface area is 181 Å². The summed E-state index contributed by atoms with van der Waals surface area (Å²) < 4.78 is 54.4. The fourth-order valence-electron chi connectivity index (χ4n) is 3.17. The number of carbonyl (C=O) groups is 1. The first-order chi connectivity index (χ1) is 15.2. The maximum atomic E-state index is 12.8. The molecule has 2 N–H and O–H groups in total. The summed E-state index contributed by atoms with van der Waals surface area (Å²) in [6.07, 6.45) is -4.60. The molecule has 1 atom stereocenters. The van der Waals surface area contributed by atoms with Gasteiger partial charge in [0.05, 0.1) is 18.1 Å². The Kier molecular flexibility index (Phi) is 6.39. The number of nitrogens with zero attached hydrogens (tertiary/aromatic N) is 2. The number of nitriles is 1. The molecule has 0 amide bonds. The van der Waals surface area contributed by atoms with Gasteiger partial charge in [0.15, 0.2) is 0 Å². The fraction of sp³-hybridized carbons (Fsp3) is 0.227. The van der Waals surface area contributed by atoms with Crippen LogP contribution in [0.3, 0.4) is 0 Å². The van der Waals surface area contributed by atoms with E-state index in [4.69, 9.17) is 19.9 Å². The third-order valence-corrected chi connectivity index (χ3v) is 4.55. The van der Waals surface area contributed by atoms with E-state index in [1.807, 2.05) is 6.07 Å². The minimum atomic E-state index is -4.60. The van der Waals surface area contributed by atoms with Crippen LogP contribution in [0.15, 0.2) is 65.3 Å². The van der Waals surface area contributed by atoms with E-state index in [9.17, 15) is 23.2 Å². The molecule has 2 heterocycles. The Morgan fingerprint density at radius 2 is 1.94 bits per heavy atom. The molecule has 1 aliphatic heterocycles. The predicted molar refractivity (Wildman–Crippen MR) is 106 cm³/mol. The van der Waals surface area contributed by atoms with Crippen molar-refractivity contribution in [3.8, 4) is 17.7 Å². The lowest BCUT2D eigenvalue weighted by atomic mass is 9.83. The predicted octanol–water partition coefficient (Wildman–Crippen LogP) is 4.54. The van der Waals surface area contributed by atoms with Gasteiger partial charge >= 0.3 is 12.1 Å². The highest BCUT2D eigenvalue weighted by molar-refractivity contribution is 5.92. The molecule has 7 nitrogen and oxygen atoms in total. The van der Waals surface area contributed by atoms with Crippen molar-refractivity contribution < 1.29 is 32.2 Å². The van der Waals surface area contributed by atoms with Crippen molar-refractivity contribution in [2.45, 2.75) is 25.9 Å². The van der Waals surface area contributed by atoms with Crippen LogP contribution >= 0.6 is 0 Å². The van der Waals surface area contributed by atoms with E-state index >= 15 is 0 Å². The first kappa shape index (κ1) is 22.7. The van der Waals surface area contributed by atoms with Gasteiger partial charge in [-0.25, -0.2) is 9.78 Å². The number of benzene rings is 1. The average Bonchev–Trinajstić information content (AvgIpc) is 2.73. The lowest BCUT2D eigenvalue weighted by molar-refractivity contribution is -0.141. The number of pyridine rings is 1. The topological polar surface area (TPSA) is 107 Å². The van der Waals surface area contributed by atoms with Crippen LogP contribution in [0.5, 0.6) is 11.6 Å². The zero-order chi connectivity index (χ0) is 23.5. The van der Waals surface area contributed by atoms with Crippen molar-refractivity contribution in [1.82, 2.24) is 4.98 Å². The maximum Gasteiger partial charge on any atom is 0.433 e. The smallest absolute Gasteiger partial charge is 0.433 e. The van der Waals surface area contributed by atoms with Crippen molar-refractivity contribution in [3.63, 3.8) is 0 Å². The molecule has 1 aromatic heterocycles. The van der Waals surface area contributed by atoms with Crippen molar-refractivity contribution in [1.29, 1.82) is 5.26 Å². The number of aromatic nitrogens is 1. The number of esters is 1. The summed E-state index contributed by atoms with van der Waals surface area (Å²) in [7, 11) is 0. The summed E-state index contributed by atoms with van der Waals surface area (Å²) in [5.74, 6) is -1.43. The second-order valence-corrected chi connectivity index (χ2v) is 6.65. The zero-order valence-corrected chi connectivity index (χ0v) is 17.1. The highest BCUT2D eigenvalue weighted by Gasteiger charge is 2.36. The number of carbonyl (C=O) groups excluding carboxylic acids is 1. The highest BCUT2D eigenvalue weighted by atomic mass is 19.4. The van der Waals surface area contributed by atoms with Gasteiger partial charge in [0.25, 0.3) is 0 Å². The molecule has 2 aromatic rings. The molecule has 0 spiro atoms. The Balaban J connectivity index is 1.93. The van der Waals surface area contributed by atoms with Gasteiger partial charge in [0.2, 0.25) is 11.8 Å². The summed E-state index contributed by atoms with van der Waals surface area (Å²) in [5.41, 5.74) is 5.45. The molecule has 0 saturated carbocycles. The van der Waals surface area contributed by atoms with E-state index in [-0.39, 0.29) is 41.0 Å². The second-order valence-electron chi connectivity index (χ2n) is 6.65. The molecular weight excluding hydrogens is 427 g/mol. The quantitative estimate of drug-likeness (QED) is 0.674. The Morgan fingerprint density at radius 1 is 1.25 bits per heavy atom. The molecule has 0 saturated heterocycles. The summed E-state index contributed by atoms with van der Waals surface area (Å²) >= 11 is 0. The Bertz CT molecular complexity index is 1130. The van der Waals surface area contributed by atoms with Crippen LogP contribution in [0.2, 0.25) is 0 Å². The molecule has 0 fully saturated rings. The lowest BCUT2D eigenvalue weighted by Gasteiger charge is -2.26. The summed E-state index contributed by atoms with van der Waals surface area (Å²) in [5, 5.41) is 9.58. The van der Waals surface area contributed by atoms with Crippen LogP contribution in [-0.2, 0) is 20.4 Å². The van der Waals surface area contributed by atoms with Crippen molar-refractivity contribution in [2.24, 2.45) is 5.73 Å². The van der Waals surface area contributed by atoms with Gasteiger partial charge in [-0.2, -0.15) is 18.4 Å². The van der Waals surface area contributed by atoms with Crippen molar-refractivity contribution in [2.75, 3.05) is 6.61 Å². The molecule has 0 bridgehead atoms. The van der Waals surface area contributed by atoms with Gasteiger partial charge in [0, 0.05) is 6.07 Å². The van der Waals surface area contributed by atoms with Crippen molar-refractivity contribution >= 4 is 5.97 Å². The van der Waals surface area contributed by atoms with Gasteiger partial charge in [-0.15, -0.1) is 0 Å². The van der Waals surface area contributed by atoms with E-state index < -0.39 is 23.8 Å². The highest BCUT2D eigenvalue weighted by Crippen LogP contribution is 2.40. The second kappa shape index (κ2) is 9.01. The van der Waals surface area contributed by atoms with E-state index in [1.54, 1.807) is 19.1 Å². The summed E-state index contributed by atoms with van der Waals surface area (Å²) in [6, 6.07) is 11.4. The molecule has 166 valence electrons. The Hall–Kier alpha value is -4.00. The van der Waals surface area contributed by atoms with E-state index in [0.717, 1.165) is 6.07 Å². The van der Waals surface area contributed by atoms with Crippen LogP contribution in [-0.4, -0.2) is 17.6 Å². The van der Waals surface area contributed by atoms with Crippen LogP contribution in [0, 0.1) is 11.3 Å². The van der Waals surface area contributed by atoms with E-state index in [1.165, 1.54) is 31.2 Å². The number of alkyl halides is 3. The molecule has 32 heavy (non-hydrogen) atoms. The van der Waals surface area contributed by atoms with Gasteiger partial charge in [-0.05, 0) is 37.6 Å². The Morgan fingerprint density at radius 3 is 2.53 bits per heavy atom. The number of rotatable bonds is 5. The minimum Gasteiger partial charge on any atom is -0.463 e. The van der Waals surface area contributed by atoms with Gasteiger partial charge < -0.3 is 19.9 Å². The number of nitrogens with two attached hydrogens (primary N) is 1. The monoisotopic (exact) mass is 445 g/mol. The third-order valence-electron chi connectivity index (χ3n) is 4.55. The first-order valence-electron chi connectivity index (χ1n) is 9.43. The first-order valence-corrected chi connectivity index (χ1v) is 9.43. The molecule has 0 radical (unpaired) electrons. The summed E-state index contributed by atoms with van der Waals surface area (Å²) in [4.78, 5) is 16.0. The minimum absolute atomic E-state index is 0.0341. The van der Waals surface area contributed by atoms with Gasteiger partial charge in [0.1, 0.15) is 28.8 Å². The maximum absolute atomic E-state index is 12.8. The van der Waals surface area contributed by atoms with E-state index in [2.05, 4.69) is 4.98 Å². The number of hydrogen-bond acceptors (Lipinski definition) is 7. The standard InChI is InChI=1S/C22H18F3N3O4/c1-3-30-21(29)18-12(2)31-20(27)15(11-26)19(18)13-7-9-14(10-8-13)32-17-6-4-5-16(28-17)22(23,24)25/h4-10,19H,3,27H2,1-2H3. The third kappa shape index (κ3) is 4.67. The molecule has 0 aliphatic carbocycles. The molecule has 10 heteroatoms. The SMILES string of the molecule is CCOC(=O)C1=C(C)OC(N)=C(C#N)C1c1ccc(Oc2cccc(C(F)(F)F)n2)cc1. The van der Waals surface area contributed by atoms with Crippen LogP contribution in [0.4, 0.5) is 13.2 Å². The molecule has 1 aliphatic rings. The molecular formula is C22H18F3N3O4. The van der Waals surface area contributed by atoms with E-state index in [0.29, 0.717) is 5.56 Å². The average molecular weight is 445 g/mol. The zero-order valence-electron chi connectivity index (χ0n) is 17.1.